The predicted molar refractivity (Wildman–Crippen MR) is 117 cm³/mol. The first-order valence-electron chi connectivity index (χ1n) is 10.1. The van der Waals surface area contributed by atoms with Crippen LogP contribution in [0.15, 0.2) is 97.1 Å². The zero-order chi connectivity index (χ0) is 18.8. The number of piperidine rings is 1. The number of nitrogens with zero attached hydrogens (tertiary/aromatic N) is 2. The zero-order valence-electron chi connectivity index (χ0n) is 15.9. The van der Waals surface area contributed by atoms with Crippen molar-refractivity contribution in [2.75, 3.05) is 18.0 Å². The van der Waals surface area contributed by atoms with Crippen LogP contribution in [0.5, 0.6) is 0 Å². The molecule has 1 aliphatic rings. The number of rotatable bonds is 3. The quantitative estimate of drug-likeness (QED) is 0.442. The molecule has 2 atom stereocenters. The summed E-state index contributed by atoms with van der Waals surface area (Å²) in [4.78, 5) is 7.41. The third-order valence-electron chi connectivity index (χ3n) is 5.98. The van der Waals surface area contributed by atoms with Crippen molar-refractivity contribution in [3.63, 3.8) is 0 Å². The normalized spacial score (nSPS) is 19.6. The lowest BCUT2D eigenvalue weighted by atomic mass is 9.77. The van der Waals surface area contributed by atoms with Crippen LogP contribution in [0, 0.1) is 0 Å². The minimum Gasteiger partial charge on any atom is -0.356 e. The fourth-order valence-corrected chi connectivity index (χ4v) is 4.53. The van der Waals surface area contributed by atoms with Crippen LogP contribution in [0.1, 0.15) is 29.4 Å². The van der Waals surface area contributed by atoms with Crippen molar-refractivity contribution < 1.29 is 0 Å². The van der Waals surface area contributed by atoms with Gasteiger partial charge in [0, 0.05) is 24.4 Å². The molecule has 0 N–H and O–H groups in total. The number of benzene rings is 3. The van der Waals surface area contributed by atoms with E-state index in [1.54, 1.807) is 0 Å². The summed E-state index contributed by atoms with van der Waals surface area (Å²) in [6, 6.07) is 34.7. The van der Waals surface area contributed by atoms with E-state index in [1.807, 2.05) is 0 Å². The standard InChI is InChI=1S/C26H24N2/c1-3-9-20(10-4-1)23-17-18-28(19-24(23)21-11-5-2-6-12-21)26-16-15-22-13-7-8-14-25(22)27-26/h1-16,23-24H,17-19H2. The molecular weight excluding hydrogens is 340 g/mol. The molecule has 0 bridgehead atoms. The summed E-state index contributed by atoms with van der Waals surface area (Å²) < 4.78 is 0. The second kappa shape index (κ2) is 7.47. The molecule has 1 aliphatic heterocycles. The Kier molecular flexibility index (Phi) is 4.54. The number of para-hydroxylation sites is 1. The monoisotopic (exact) mass is 364 g/mol. The molecule has 28 heavy (non-hydrogen) atoms. The zero-order valence-corrected chi connectivity index (χ0v) is 15.9. The highest BCUT2D eigenvalue weighted by Gasteiger charge is 2.32. The Hall–Kier alpha value is -3.13. The van der Waals surface area contributed by atoms with Gasteiger partial charge in [-0.2, -0.15) is 0 Å². The lowest BCUT2D eigenvalue weighted by molar-refractivity contribution is 0.441. The summed E-state index contributed by atoms with van der Waals surface area (Å²) in [7, 11) is 0. The molecule has 0 amide bonds. The molecule has 2 nitrogen and oxygen atoms in total. The van der Waals surface area contributed by atoms with Crippen LogP contribution >= 0.6 is 0 Å². The van der Waals surface area contributed by atoms with Gasteiger partial charge < -0.3 is 4.90 Å². The highest BCUT2D eigenvalue weighted by molar-refractivity contribution is 5.80. The van der Waals surface area contributed by atoms with E-state index < -0.39 is 0 Å². The lowest BCUT2D eigenvalue weighted by Gasteiger charge is -2.40. The van der Waals surface area contributed by atoms with Crippen LogP contribution in [-0.4, -0.2) is 18.1 Å². The first-order chi connectivity index (χ1) is 13.9. The molecule has 2 heteroatoms. The Balaban J connectivity index is 1.49. The lowest BCUT2D eigenvalue weighted by Crippen LogP contribution is -2.38. The maximum Gasteiger partial charge on any atom is 0.129 e. The van der Waals surface area contributed by atoms with Crippen LogP contribution in [-0.2, 0) is 0 Å². The van der Waals surface area contributed by atoms with Gasteiger partial charge in [0.05, 0.1) is 5.52 Å². The number of fused-ring (bicyclic) bond motifs is 1. The van der Waals surface area contributed by atoms with Gasteiger partial charge in [-0.15, -0.1) is 0 Å². The molecule has 3 aromatic carbocycles. The molecule has 1 aromatic heterocycles. The van der Waals surface area contributed by atoms with E-state index in [0.29, 0.717) is 11.8 Å². The summed E-state index contributed by atoms with van der Waals surface area (Å²) in [5.74, 6) is 2.09. The van der Waals surface area contributed by atoms with Gasteiger partial charge in [-0.1, -0.05) is 78.9 Å². The van der Waals surface area contributed by atoms with Crippen LogP contribution in [0.2, 0.25) is 0 Å². The third-order valence-corrected chi connectivity index (χ3v) is 5.98. The maximum atomic E-state index is 4.95. The average molecular weight is 364 g/mol. The summed E-state index contributed by atoms with van der Waals surface area (Å²) in [5.41, 5.74) is 3.94. The van der Waals surface area contributed by atoms with Crippen LogP contribution in [0.3, 0.4) is 0 Å². The molecule has 0 saturated carbocycles. The van der Waals surface area contributed by atoms with Gasteiger partial charge in [-0.25, -0.2) is 4.98 Å². The van der Waals surface area contributed by atoms with Gasteiger partial charge in [0.2, 0.25) is 0 Å². The summed E-state index contributed by atoms with van der Waals surface area (Å²) in [6.07, 6.45) is 1.14. The average Bonchev–Trinajstić information content (AvgIpc) is 2.79. The molecule has 2 unspecified atom stereocenters. The Morgan fingerprint density at radius 1 is 0.643 bits per heavy atom. The fraction of sp³-hybridized carbons (Fsp3) is 0.192. The molecule has 5 rings (SSSR count). The van der Waals surface area contributed by atoms with Crippen molar-refractivity contribution in [3.8, 4) is 0 Å². The number of aromatic nitrogens is 1. The van der Waals surface area contributed by atoms with E-state index in [-0.39, 0.29) is 0 Å². The van der Waals surface area contributed by atoms with E-state index in [1.165, 1.54) is 16.5 Å². The topological polar surface area (TPSA) is 16.1 Å². The summed E-state index contributed by atoms with van der Waals surface area (Å²) in [5, 5.41) is 1.20. The Labute approximate surface area is 166 Å². The SMILES string of the molecule is c1ccc(C2CCN(c3ccc4ccccc4n3)CC2c2ccccc2)cc1. The van der Waals surface area contributed by atoms with E-state index in [0.717, 1.165) is 30.8 Å². The number of pyridine rings is 1. The Bertz CT molecular complexity index is 1060. The van der Waals surface area contributed by atoms with Crippen molar-refractivity contribution >= 4 is 16.7 Å². The van der Waals surface area contributed by atoms with E-state index in [4.69, 9.17) is 4.98 Å². The maximum absolute atomic E-state index is 4.95. The smallest absolute Gasteiger partial charge is 0.129 e. The molecular formula is C26H24N2. The van der Waals surface area contributed by atoms with Crippen molar-refractivity contribution in [2.24, 2.45) is 0 Å². The summed E-state index contributed by atoms with van der Waals surface area (Å²) >= 11 is 0. The second-order valence-electron chi connectivity index (χ2n) is 7.63. The van der Waals surface area contributed by atoms with Crippen molar-refractivity contribution in [2.45, 2.75) is 18.3 Å². The number of hydrogen-bond acceptors (Lipinski definition) is 2. The number of anilines is 1. The molecule has 0 aliphatic carbocycles. The summed E-state index contributed by atoms with van der Waals surface area (Å²) in [6.45, 7) is 2.03. The van der Waals surface area contributed by atoms with Crippen molar-refractivity contribution in [3.05, 3.63) is 108 Å². The number of hydrogen-bond donors (Lipinski definition) is 0. The second-order valence-corrected chi connectivity index (χ2v) is 7.63. The molecule has 138 valence electrons. The molecule has 1 saturated heterocycles. The van der Waals surface area contributed by atoms with Gasteiger partial charge >= 0.3 is 0 Å². The van der Waals surface area contributed by atoms with Crippen molar-refractivity contribution in [1.82, 2.24) is 4.98 Å². The van der Waals surface area contributed by atoms with E-state index in [2.05, 4.69) is 102 Å². The van der Waals surface area contributed by atoms with Gasteiger partial charge in [0.25, 0.3) is 0 Å². The third kappa shape index (κ3) is 3.27. The largest absolute Gasteiger partial charge is 0.356 e. The molecule has 2 heterocycles. The van der Waals surface area contributed by atoms with E-state index >= 15 is 0 Å². The highest BCUT2D eigenvalue weighted by Crippen LogP contribution is 2.40. The van der Waals surface area contributed by atoms with E-state index in [9.17, 15) is 0 Å². The molecule has 4 aromatic rings. The molecule has 0 spiro atoms. The predicted octanol–water partition coefficient (Wildman–Crippen LogP) is 6.01. The van der Waals surface area contributed by atoms with Crippen molar-refractivity contribution in [1.29, 1.82) is 0 Å². The Morgan fingerprint density at radius 3 is 2.04 bits per heavy atom. The Morgan fingerprint density at radius 2 is 1.29 bits per heavy atom. The van der Waals surface area contributed by atoms with Gasteiger partial charge in [-0.05, 0) is 41.7 Å². The minimum absolute atomic E-state index is 0.464. The van der Waals surface area contributed by atoms with Crippen LogP contribution in [0.25, 0.3) is 10.9 Å². The van der Waals surface area contributed by atoms with Gasteiger partial charge in [0.15, 0.2) is 0 Å². The molecule has 0 radical (unpaired) electrons. The highest BCUT2D eigenvalue weighted by atomic mass is 15.2. The first kappa shape index (κ1) is 17.0. The molecule has 1 fully saturated rings. The van der Waals surface area contributed by atoms with Gasteiger partial charge in [0.1, 0.15) is 5.82 Å². The van der Waals surface area contributed by atoms with Crippen LogP contribution in [0.4, 0.5) is 5.82 Å². The fourth-order valence-electron chi connectivity index (χ4n) is 4.53. The van der Waals surface area contributed by atoms with Gasteiger partial charge in [-0.3, -0.25) is 0 Å². The minimum atomic E-state index is 0.464. The van der Waals surface area contributed by atoms with Crippen LogP contribution < -0.4 is 4.90 Å². The first-order valence-corrected chi connectivity index (χ1v) is 10.1.